The Morgan fingerprint density at radius 1 is 1.12 bits per heavy atom. The van der Waals surface area contributed by atoms with Crippen LogP contribution in [0.1, 0.15) is 19.8 Å². The van der Waals surface area contributed by atoms with E-state index in [-0.39, 0.29) is 18.0 Å². The molecule has 1 amide bonds. The summed E-state index contributed by atoms with van der Waals surface area (Å²) in [6.45, 7) is 3.18. The molecular weight excluding hydrogens is 386 g/mol. The topological polar surface area (TPSA) is 55.8 Å². The maximum atomic E-state index is 12.4. The summed E-state index contributed by atoms with van der Waals surface area (Å²) in [5.74, 6) is 0.124. The van der Waals surface area contributed by atoms with Gasteiger partial charge in [-0.05, 0) is 54.8 Å². The van der Waals surface area contributed by atoms with E-state index in [0.717, 1.165) is 15.2 Å². The number of ether oxygens (including phenoxy) is 2. The van der Waals surface area contributed by atoms with Gasteiger partial charge in [-0.2, -0.15) is 0 Å². The molecule has 132 valence electrons. The zero-order valence-corrected chi connectivity index (χ0v) is 15.6. The number of nitrogens with zero attached hydrogens (tertiary/aromatic N) is 1. The first-order chi connectivity index (χ1) is 12.1. The number of fused-ring (bicyclic) bond motifs is 1. The van der Waals surface area contributed by atoms with Gasteiger partial charge in [0.05, 0.1) is 12.5 Å². The number of esters is 1. The van der Waals surface area contributed by atoms with Gasteiger partial charge in [0.2, 0.25) is 0 Å². The summed E-state index contributed by atoms with van der Waals surface area (Å²) in [4.78, 5) is 25.7. The number of piperidine rings is 1. The van der Waals surface area contributed by atoms with E-state index in [4.69, 9.17) is 9.47 Å². The first-order valence-corrected chi connectivity index (χ1v) is 9.19. The van der Waals surface area contributed by atoms with E-state index in [0.29, 0.717) is 38.3 Å². The third kappa shape index (κ3) is 4.31. The van der Waals surface area contributed by atoms with Gasteiger partial charge in [-0.15, -0.1) is 0 Å². The highest BCUT2D eigenvalue weighted by Crippen LogP contribution is 2.26. The second-order valence-electron chi connectivity index (χ2n) is 6.03. The van der Waals surface area contributed by atoms with Gasteiger partial charge in [0, 0.05) is 17.6 Å². The molecular formula is C19H20BrNO4. The molecule has 0 aliphatic carbocycles. The van der Waals surface area contributed by atoms with E-state index >= 15 is 0 Å². The molecule has 0 bridgehead atoms. The van der Waals surface area contributed by atoms with E-state index < -0.39 is 0 Å². The fraction of sp³-hybridized carbons (Fsp3) is 0.368. The predicted molar refractivity (Wildman–Crippen MR) is 98.6 cm³/mol. The largest absolute Gasteiger partial charge is 0.450 e. The molecule has 1 aliphatic heterocycles. The lowest BCUT2D eigenvalue weighted by molar-refractivity contribution is -0.140. The number of likely N-dealkylation sites (tertiary alicyclic amines) is 1. The van der Waals surface area contributed by atoms with Gasteiger partial charge >= 0.3 is 12.1 Å². The number of hydrogen-bond donors (Lipinski definition) is 0. The van der Waals surface area contributed by atoms with Gasteiger partial charge in [0.25, 0.3) is 0 Å². The minimum atomic E-state index is -0.310. The maximum Gasteiger partial charge on any atom is 0.409 e. The van der Waals surface area contributed by atoms with Gasteiger partial charge < -0.3 is 14.4 Å². The van der Waals surface area contributed by atoms with E-state index in [1.54, 1.807) is 17.9 Å². The van der Waals surface area contributed by atoms with Crippen molar-refractivity contribution in [3.05, 3.63) is 40.9 Å². The highest BCUT2D eigenvalue weighted by Gasteiger charge is 2.29. The van der Waals surface area contributed by atoms with E-state index in [1.807, 2.05) is 30.3 Å². The summed E-state index contributed by atoms with van der Waals surface area (Å²) in [5.41, 5.74) is 0. The average molecular weight is 406 g/mol. The van der Waals surface area contributed by atoms with Crippen LogP contribution in [-0.2, 0) is 9.53 Å². The monoisotopic (exact) mass is 405 g/mol. The van der Waals surface area contributed by atoms with Crippen molar-refractivity contribution in [3.8, 4) is 5.75 Å². The molecule has 0 N–H and O–H groups in total. The number of benzene rings is 2. The molecule has 25 heavy (non-hydrogen) atoms. The SMILES string of the molecule is CCOC(=O)N1CCC(C(=O)Oc2ccc3cc(Br)ccc3c2)CC1. The Labute approximate surface area is 155 Å². The Morgan fingerprint density at radius 3 is 2.52 bits per heavy atom. The third-order valence-corrected chi connectivity index (χ3v) is 4.84. The van der Waals surface area contributed by atoms with Crippen LogP contribution in [0.4, 0.5) is 4.79 Å². The van der Waals surface area contributed by atoms with Crippen molar-refractivity contribution in [3.63, 3.8) is 0 Å². The average Bonchev–Trinajstić information content (AvgIpc) is 2.62. The molecule has 3 rings (SSSR count). The van der Waals surface area contributed by atoms with Crippen molar-refractivity contribution >= 4 is 38.8 Å². The van der Waals surface area contributed by atoms with Gasteiger partial charge in [-0.25, -0.2) is 4.79 Å². The molecule has 1 heterocycles. The zero-order chi connectivity index (χ0) is 17.8. The third-order valence-electron chi connectivity index (χ3n) is 4.35. The lowest BCUT2D eigenvalue weighted by Gasteiger charge is -2.30. The zero-order valence-electron chi connectivity index (χ0n) is 14.0. The Morgan fingerprint density at radius 2 is 1.80 bits per heavy atom. The molecule has 5 nitrogen and oxygen atoms in total. The second kappa shape index (κ2) is 7.87. The number of halogens is 1. The first kappa shape index (κ1) is 17.7. The van der Waals surface area contributed by atoms with Crippen LogP contribution >= 0.6 is 15.9 Å². The van der Waals surface area contributed by atoms with Crippen molar-refractivity contribution < 1.29 is 19.1 Å². The number of carbonyl (C=O) groups excluding carboxylic acids is 2. The summed E-state index contributed by atoms with van der Waals surface area (Å²) < 4.78 is 11.6. The van der Waals surface area contributed by atoms with Crippen LogP contribution in [-0.4, -0.2) is 36.7 Å². The molecule has 6 heteroatoms. The molecule has 0 atom stereocenters. The van der Waals surface area contributed by atoms with Crippen LogP contribution in [0.15, 0.2) is 40.9 Å². The van der Waals surface area contributed by atoms with Crippen molar-refractivity contribution in [2.24, 2.45) is 5.92 Å². The Kier molecular flexibility index (Phi) is 5.58. The highest BCUT2D eigenvalue weighted by molar-refractivity contribution is 9.10. The fourth-order valence-electron chi connectivity index (χ4n) is 2.97. The molecule has 1 fully saturated rings. The molecule has 0 radical (unpaired) electrons. The number of hydrogen-bond acceptors (Lipinski definition) is 4. The van der Waals surface area contributed by atoms with E-state index in [1.165, 1.54) is 0 Å². The van der Waals surface area contributed by atoms with Crippen LogP contribution in [0.25, 0.3) is 10.8 Å². The van der Waals surface area contributed by atoms with Crippen LogP contribution in [0, 0.1) is 5.92 Å². The van der Waals surface area contributed by atoms with Crippen molar-refractivity contribution in [2.45, 2.75) is 19.8 Å². The van der Waals surface area contributed by atoms with Gasteiger partial charge in [-0.3, -0.25) is 4.79 Å². The summed E-state index contributed by atoms with van der Waals surface area (Å²) >= 11 is 3.45. The summed E-state index contributed by atoms with van der Waals surface area (Å²) in [5, 5.41) is 2.10. The first-order valence-electron chi connectivity index (χ1n) is 8.39. The van der Waals surface area contributed by atoms with Crippen LogP contribution in [0.2, 0.25) is 0 Å². The van der Waals surface area contributed by atoms with Crippen LogP contribution < -0.4 is 4.74 Å². The summed E-state index contributed by atoms with van der Waals surface area (Å²) in [7, 11) is 0. The quantitative estimate of drug-likeness (QED) is 0.561. The number of rotatable bonds is 3. The highest BCUT2D eigenvalue weighted by atomic mass is 79.9. The molecule has 0 spiro atoms. The standard InChI is InChI=1S/C19H20BrNO4/c1-2-24-19(23)21-9-7-13(8-10-21)18(22)25-17-6-4-14-11-16(20)5-3-15(14)12-17/h3-6,11-13H,2,7-10H2,1H3. The van der Waals surface area contributed by atoms with E-state index in [2.05, 4.69) is 15.9 Å². The molecule has 2 aromatic carbocycles. The lowest BCUT2D eigenvalue weighted by atomic mass is 9.97. The van der Waals surface area contributed by atoms with Gasteiger partial charge in [0.15, 0.2) is 0 Å². The lowest BCUT2D eigenvalue weighted by Crippen LogP contribution is -2.41. The predicted octanol–water partition coefficient (Wildman–Crippen LogP) is 4.38. The molecule has 1 saturated heterocycles. The second-order valence-corrected chi connectivity index (χ2v) is 6.95. The van der Waals surface area contributed by atoms with Crippen molar-refractivity contribution in [1.29, 1.82) is 0 Å². The Hall–Kier alpha value is -2.08. The molecule has 2 aromatic rings. The van der Waals surface area contributed by atoms with Gasteiger partial charge in [-0.1, -0.05) is 28.1 Å². The minimum absolute atomic E-state index is 0.189. The Bertz CT molecular complexity index is 784. The van der Waals surface area contributed by atoms with Crippen LogP contribution in [0.5, 0.6) is 5.75 Å². The van der Waals surface area contributed by atoms with E-state index in [9.17, 15) is 9.59 Å². The normalized spacial score (nSPS) is 15.2. The van der Waals surface area contributed by atoms with Gasteiger partial charge in [0.1, 0.15) is 5.75 Å². The molecule has 1 aliphatic rings. The maximum absolute atomic E-state index is 12.4. The summed E-state index contributed by atoms with van der Waals surface area (Å²) in [6.07, 6.45) is 0.881. The van der Waals surface area contributed by atoms with Crippen molar-refractivity contribution in [1.82, 2.24) is 4.90 Å². The summed E-state index contributed by atoms with van der Waals surface area (Å²) in [6, 6.07) is 11.6. The molecule has 0 unspecified atom stereocenters. The Balaban J connectivity index is 1.59. The molecule has 0 saturated carbocycles. The van der Waals surface area contributed by atoms with Crippen LogP contribution in [0.3, 0.4) is 0 Å². The smallest absolute Gasteiger partial charge is 0.409 e. The molecule has 0 aromatic heterocycles. The number of carbonyl (C=O) groups is 2. The van der Waals surface area contributed by atoms with Crippen molar-refractivity contribution in [2.75, 3.05) is 19.7 Å². The minimum Gasteiger partial charge on any atom is -0.450 e. The fourth-order valence-corrected chi connectivity index (χ4v) is 3.35. The number of amides is 1.